The Morgan fingerprint density at radius 1 is 0.312 bits per heavy atom. The van der Waals surface area contributed by atoms with Crippen LogP contribution >= 0.6 is 0 Å². The van der Waals surface area contributed by atoms with Gasteiger partial charge in [0, 0.05) is 49.9 Å². The third-order valence-electron chi connectivity index (χ3n) is 21.6. The minimum Gasteiger partial charge on any atom is -0.454 e. The fourth-order valence-electron chi connectivity index (χ4n) is 17.4. The van der Waals surface area contributed by atoms with Crippen LogP contribution in [0.25, 0.3) is 44.1 Å². The van der Waals surface area contributed by atoms with Crippen LogP contribution < -0.4 is 18.9 Å². The summed E-state index contributed by atoms with van der Waals surface area (Å²) in [6.07, 6.45) is 10.2. The number of ether oxygens (including phenoxy) is 4. The molecule has 4 atom stereocenters. The third-order valence-corrected chi connectivity index (χ3v) is 21.6. The second-order valence-electron chi connectivity index (χ2n) is 26.8. The van der Waals surface area contributed by atoms with Gasteiger partial charge in [0.25, 0.3) is 24.0 Å². The standard InChI is InChI=1S/4C16H19N3O/c2*1-11-2-3-14-13(8-11)17-15-19(14)10-16(20-15)9-18-6-4-12(16)5-7-18;2*1-11-2-3-13-14(8-11)19-10-16(20-15(19)17-13)9-18-6-4-12(16)5-7-18/h4*2-3,8,12H,4-7,9-10H2,1H3/t4*16-/m1010/s1. The fraction of sp³-hybridized carbons (Fsp3) is 0.562. The largest absolute Gasteiger partial charge is 0.454 e. The van der Waals surface area contributed by atoms with Gasteiger partial charge in [-0.15, -0.1) is 0 Å². The molecule has 8 aromatic rings. The molecule has 12 saturated heterocycles. The number of imidazole rings is 4. The van der Waals surface area contributed by atoms with Crippen molar-refractivity contribution in [2.45, 2.75) is 128 Å². The molecule has 16 nitrogen and oxygen atoms in total. The Hall–Kier alpha value is -6.20. The Morgan fingerprint density at radius 2 is 0.575 bits per heavy atom. The first-order valence-electron chi connectivity index (χ1n) is 30.5. The van der Waals surface area contributed by atoms with Gasteiger partial charge in [0.1, 0.15) is 22.4 Å². The van der Waals surface area contributed by atoms with Gasteiger partial charge in [-0.2, -0.15) is 19.9 Å². The maximum Gasteiger partial charge on any atom is 0.298 e. The van der Waals surface area contributed by atoms with Crippen molar-refractivity contribution >= 4 is 44.1 Å². The molecule has 416 valence electrons. The van der Waals surface area contributed by atoms with Gasteiger partial charge in [-0.3, -0.25) is 37.9 Å². The van der Waals surface area contributed by atoms with E-state index in [0.29, 0.717) is 23.7 Å². The number of piperidine rings is 12. The van der Waals surface area contributed by atoms with Crippen molar-refractivity contribution in [2.24, 2.45) is 23.7 Å². The number of aromatic nitrogens is 8. The second-order valence-corrected chi connectivity index (χ2v) is 26.8. The smallest absolute Gasteiger partial charge is 0.298 e. The van der Waals surface area contributed by atoms with E-state index >= 15 is 0 Å². The Balaban J connectivity index is 0.0000000853. The summed E-state index contributed by atoms with van der Waals surface area (Å²) in [4.78, 5) is 29.0. The van der Waals surface area contributed by atoms with Crippen molar-refractivity contribution in [1.82, 2.24) is 57.8 Å². The molecule has 0 unspecified atom stereocenters. The summed E-state index contributed by atoms with van der Waals surface area (Å²) in [7, 11) is 0. The first-order valence-corrected chi connectivity index (χ1v) is 30.5. The number of fused-ring (bicyclic) bond motifs is 20. The quantitative estimate of drug-likeness (QED) is 0.144. The summed E-state index contributed by atoms with van der Waals surface area (Å²) in [6, 6.07) is 29.2. The van der Waals surface area contributed by atoms with E-state index in [0.717, 1.165) is 98.5 Å². The molecule has 4 aromatic carbocycles. The summed E-state index contributed by atoms with van der Waals surface area (Å²) in [5.41, 5.74) is 14.2. The van der Waals surface area contributed by atoms with Crippen molar-refractivity contribution in [3.63, 3.8) is 0 Å². The van der Waals surface area contributed by atoms with Crippen molar-refractivity contribution in [3.8, 4) is 24.0 Å². The lowest BCUT2D eigenvalue weighted by atomic mass is 9.75. The van der Waals surface area contributed by atoms with Crippen LogP contribution in [-0.2, 0) is 26.2 Å². The number of rotatable bonds is 0. The molecule has 0 amide bonds. The van der Waals surface area contributed by atoms with Crippen LogP contribution in [0, 0.1) is 51.4 Å². The average molecular weight is 1080 g/mol. The van der Waals surface area contributed by atoms with Crippen molar-refractivity contribution in [2.75, 3.05) is 78.5 Å². The zero-order valence-electron chi connectivity index (χ0n) is 47.2. The predicted molar refractivity (Wildman–Crippen MR) is 308 cm³/mol. The molecular formula is C64H76N12O4. The Labute approximate surface area is 467 Å². The van der Waals surface area contributed by atoms with E-state index in [2.05, 4.69) is 148 Å². The van der Waals surface area contributed by atoms with E-state index in [1.807, 2.05) is 0 Å². The second kappa shape index (κ2) is 17.7. The fourth-order valence-corrected chi connectivity index (χ4v) is 17.4. The van der Waals surface area contributed by atoms with Crippen LogP contribution in [0.4, 0.5) is 0 Å². The summed E-state index contributed by atoms with van der Waals surface area (Å²) in [5, 5.41) is 0. The topological polar surface area (TPSA) is 121 Å². The van der Waals surface area contributed by atoms with Gasteiger partial charge in [0.05, 0.1) is 70.3 Å². The number of nitrogens with zero attached hydrogens (tertiary/aromatic N) is 12. The maximum atomic E-state index is 6.40. The van der Waals surface area contributed by atoms with Gasteiger partial charge >= 0.3 is 0 Å². The maximum absolute atomic E-state index is 6.40. The highest BCUT2D eigenvalue weighted by Gasteiger charge is 2.57. The van der Waals surface area contributed by atoms with Crippen LogP contribution in [0.5, 0.6) is 24.0 Å². The molecular weight excluding hydrogens is 1000 g/mol. The van der Waals surface area contributed by atoms with Crippen molar-refractivity contribution < 1.29 is 18.9 Å². The molecule has 24 rings (SSSR count). The minimum atomic E-state index is -0.00320. The van der Waals surface area contributed by atoms with Gasteiger partial charge in [-0.1, -0.05) is 24.3 Å². The third kappa shape index (κ3) is 7.59. The van der Waals surface area contributed by atoms with Crippen molar-refractivity contribution in [3.05, 3.63) is 95.1 Å². The molecule has 16 heteroatoms. The van der Waals surface area contributed by atoms with Gasteiger partial charge in [-0.25, -0.2) is 0 Å². The van der Waals surface area contributed by atoms with Crippen LogP contribution in [0.15, 0.2) is 72.8 Å². The number of hydrogen-bond acceptors (Lipinski definition) is 12. The Kier molecular flexibility index (Phi) is 10.7. The lowest BCUT2D eigenvalue weighted by Crippen LogP contribution is -2.61. The minimum absolute atomic E-state index is 0.00207. The molecule has 0 radical (unpaired) electrons. The summed E-state index contributed by atoms with van der Waals surface area (Å²) in [5.74, 6) is 2.81. The van der Waals surface area contributed by atoms with E-state index in [-0.39, 0.29) is 22.4 Å². The Bertz CT molecular complexity index is 3530. The molecule has 16 aliphatic rings. The van der Waals surface area contributed by atoms with Gasteiger partial charge in [0.15, 0.2) is 0 Å². The highest BCUT2D eigenvalue weighted by molar-refractivity contribution is 5.80. The monoisotopic (exact) mass is 1080 g/mol. The van der Waals surface area contributed by atoms with Crippen LogP contribution in [0.1, 0.15) is 73.6 Å². The number of aryl methyl sites for hydroxylation is 4. The molecule has 0 aliphatic carbocycles. The van der Waals surface area contributed by atoms with E-state index in [9.17, 15) is 0 Å². The van der Waals surface area contributed by atoms with Crippen LogP contribution in [-0.4, -0.2) is 159 Å². The highest BCUT2D eigenvalue weighted by atomic mass is 16.5. The van der Waals surface area contributed by atoms with E-state index in [1.54, 1.807) is 0 Å². The molecule has 0 saturated carbocycles. The molecule has 0 N–H and O–H groups in total. The zero-order chi connectivity index (χ0) is 53.3. The Morgan fingerprint density at radius 3 is 0.863 bits per heavy atom. The van der Waals surface area contributed by atoms with Crippen molar-refractivity contribution in [1.29, 1.82) is 0 Å². The molecule has 4 aromatic heterocycles. The lowest BCUT2D eigenvalue weighted by Gasteiger charge is -2.50. The zero-order valence-corrected chi connectivity index (χ0v) is 47.2. The first-order chi connectivity index (χ1) is 38.9. The predicted octanol–water partition coefficient (Wildman–Crippen LogP) is 8.81. The number of benzene rings is 4. The summed E-state index contributed by atoms with van der Waals surface area (Å²) >= 11 is 0. The molecule has 20 heterocycles. The summed E-state index contributed by atoms with van der Waals surface area (Å²) in [6.45, 7) is 26.7. The van der Waals surface area contributed by atoms with E-state index in [4.69, 9.17) is 28.9 Å². The summed E-state index contributed by atoms with van der Waals surface area (Å²) < 4.78 is 34.8. The molecule has 4 spiro atoms. The molecule has 12 fully saturated rings. The molecule has 16 aliphatic heterocycles. The molecule has 8 bridgehead atoms. The van der Waals surface area contributed by atoms with Gasteiger partial charge in [-0.05, 0) is 202 Å². The van der Waals surface area contributed by atoms with Gasteiger partial charge in [0.2, 0.25) is 0 Å². The average Bonchev–Trinajstić information content (AvgIpc) is 4.56. The lowest BCUT2D eigenvalue weighted by molar-refractivity contribution is -0.0833. The first kappa shape index (κ1) is 48.5. The van der Waals surface area contributed by atoms with Crippen LogP contribution in [0.3, 0.4) is 0 Å². The van der Waals surface area contributed by atoms with Crippen LogP contribution in [0.2, 0.25) is 0 Å². The van der Waals surface area contributed by atoms with E-state index in [1.165, 1.54) is 148 Å². The SMILES string of the molecule is Cc1ccc2c(c1)nc1n2C[C@@]2(CN3CCC2CC3)O1.Cc1ccc2c(c1)nc1n2C[C@]2(CN3CCC2CC3)O1.Cc1ccc2nc3n(c2c1)C[C@@]1(CN2CCC1CC2)O3.Cc1ccc2nc3n(c2c1)C[C@]1(CN2CCC1CC2)O3. The highest BCUT2D eigenvalue weighted by Crippen LogP contribution is 2.49. The van der Waals surface area contributed by atoms with E-state index < -0.39 is 0 Å². The van der Waals surface area contributed by atoms with Gasteiger partial charge < -0.3 is 18.9 Å². The number of hydrogen-bond donors (Lipinski definition) is 0. The molecule has 80 heavy (non-hydrogen) atoms. The normalized spacial score (nSPS) is 34.6.